The number of aromatic nitrogens is 4. The van der Waals surface area contributed by atoms with Crippen LogP contribution in [0, 0.1) is 0 Å². The van der Waals surface area contributed by atoms with Gasteiger partial charge in [0.15, 0.2) is 0 Å². The van der Waals surface area contributed by atoms with E-state index in [9.17, 15) is 4.79 Å². The average Bonchev–Trinajstić information content (AvgIpc) is 3.40. The Morgan fingerprint density at radius 3 is 2.68 bits per heavy atom. The molecule has 0 fully saturated rings. The van der Waals surface area contributed by atoms with E-state index in [4.69, 9.17) is 9.47 Å². The highest BCUT2D eigenvalue weighted by atomic mass is 16.5. The van der Waals surface area contributed by atoms with Crippen LogP contribution < -0.4 is 4.74 Å². The van der Waals surface area contributed by atoms with Gasteiger partial charge in [-0.15, -0.1) is 0 Å². The van der Waals surface area contributed by atoms with E-state index in [1.165, 1.54) is 0 Å². The van der Waals surface area contributed by atoms with Crippen molar-refractivity contribution in [3.8, 4) is 17.0 Å². The zero-order chi connectivity index (χ0) is 21.8. The van der Waals surface area contributed by atoms with Crippen LogP contribution in [-0.2, 0) is 35.6 Å². The predicted octanol–water partition coefficient (Wildman–Crippen LogP) is 4.23. The summed E-state index contributed by atoms with van der Waals surface area (Å²) in [5, 5.41) is 4.64. The monoisotopic (exact) mass is 418 g/mol. The Labute approximate surface area is 181 Å². The number of ether oxygens (including phenoxy) is 2. The number of benzene rings is 2. The van der Waals surface area contributed by atoms with Gasteiger partial charge in [0.2, 0.25) is 0 Å². The van der Waals surface area contributed by atoms with Crippen LogP contribution >= 0.6 is 0 Å². The summed E-state index contributed by atoms with van der Waals surface area (Å²) in [7, 11) is 1.64. The molecule has 4 aromatic rings. The predicted molar refractivity (Wildman–Crippen MR) is 119 cm³/mol. The Bertz CT molecular complexity index is 1210. The van der Waals surface area contributed by atoms with Gasteiger partial charge in [0, 0.05) is 18.7 Å². The second kappa shape index (κ2) is 9.04. The van der Waals surface area contributed by atoms with Crippen LogP contribution in [0.25, 0.3) is 22.3 Å². The van der Waals surface area contributed by atoms with Crippen molar-refractivity contribution in [2.24, 2.45) is 0 Å². The molecule has 31 heavy (non-hydrogen) atoms. The minimum absolute atomic E-state index is 0.155. The molecule has 0 radical (unpaired) electrons. The molecule has 0 bridgehead atoms. The van der Waals surface area contributed by atoms with Gasteiger partial charge in [0.25, 0.3) is 0 Å². The van der Waals surface area contributed by atoms with Crippen LogP contribution in [0.3, 0.4) is 0 Å². The Morgan fingerprint density at radius 2 is 1.90 bits per heavy atom. The highest BCUT2D eigenvalue weighted by Crippen LogP contribution is 2.29. The van der Waals surface area contributed by atoms with Crippen molar-refractivity contribution in [1.29, 1.82) is 0 Å². The van der Waals surface area contributed by atoms with Gasteiger partial charge >= 0.3 is 5.97 Å². The SMILES string of the molecule is CCn1nc(-c2ccccc2OC)cc1CC(=O)OCc1ccc2c(c1)ncn2CC. The summed E-state index contributed by atoms with van der Waals surface area (Å²) < 4.78 is 14.9. The van der Waals surface area contributed by atoms with E-state index in [1.807, 2.05) is 66.5 Å². The number of carbonyl (C=O) groups is 1. The summed E-state index contributed by atoms with van der Waals surface area (Å²) in [5.41, 5.74) is 5.38. The Hall–Kier alpha value is -3.61. The number of imidazole rings is 1. The third-order valence-electron chi connectivity index (χ3n) is 5.30. The molecule has 7 nitrogen and oxygen atoms in total. The Kier molecular flexibility index (Phi) is 6.02. The molecule has 2 aromatic heterocycles. The van der Waals surface area contributed by atoms with Crippen molar-refractivity contribution in [3.63, 3.8) is 0 Å². The van der Waals surface area contributed by atoms with E-state index in [0.717, 1.165) is 45.8 Å². The molecule has 0 N–H and O–H groups in total. The van der Waals surface area contributed by atoms with Gasteiger partial charge in [-0.1, -0.05) is 18.2 Å². The zero-order valence-corrected chi connectivity index (χ0v) is 18.0. The first-order valence-corrected chi connectivity index (χ1v) is 10.4. The molecule has 4 rings (SSSR count). The van der Waals surface area contributed by atoms with Crippen molar-refractivity contribution in [2.45, 2.75) is 40.0 Å². The summed E-state index contributed by atoms with van der Waals surface area (Å²) in [5.74, 6) is 0.457. The summed E-state index contributed by atoms with van der Waals surface area (Å²) in [6.45, 7) is 5.82. The highest BCUT2D eigenvalue weighted by molar-refractivity contribution is 5.76. The lowest BCUT2D eigenvalue weighted by atomic mass is 10.1. The second-order valence-corrected chi connectivity index (χ2v) is 7.23. The number of hydrogen-bond acceptors (Lipinski definition) is 5. The van der Waals surface area contributed by atoms with E-state index >= 15 is 0 Å². The van der Waals surface area contributed by atoms with Crippen LogP contribution in [0.4, 0.5) is 0 Å². The number of methoxy groups -OCH3 is 1. The molecule has 7 heteroatoms. The number of carbonyl (C=O) groups excluding carboxylic acids is 1. The molecule has 0 aliphatic heterocycles. The minimum Gasteiger partial charge on any atom is -0.496 e. The summed E-state index contributed by atoms with van der Waals surface area (Å²) in [4.78, 5) is 16.9. The maximum Gasteiger partial charge on any atom is 0.312 e. The van der Waals surface area contributed by atoms with Crippen LogP contribution in [0.2, 0.25) is 0 Å². The number of para-hydroxylation sites is 1. The van der Waals surface area contributed by atoms with E-state index in [2.05, 4.69) is 21.6 Å². The second-order valence-electron chi connectivity index (χ2n) is 7.23. The minimum atomic E-state index is -0.291. The molecule has 0 saturated carbocycles. The lowest BCUT2D eigenvalue weighted by Crippen LogP contribution is -2.12. The molecule has 2 heterocycles. The van der Waals surface area contributed by atoms with E-state index in [-0.39, 0.29) is 19.0 Å². The first-order chi connectivity index (χ1) is 15.1. The van der Waals surface area contributed by atoms with Gasteiger partial charge in [0.05, 0.1) is 42.3 Å². The molecular formula is C24H26N4O3. The van der Waals surface area contributed by atoms with E-state index in [1.54, 1.807) is 7.11 Å². The van der Waals surface area contributed by atoms with Crippen molar-refractivity contribution in [1.82, 2.24) is 19.3 Å². The molecule has 0 spiro atoms. The standard InChI is InChI=1S/C24H26N4O3/c1-4-27-16-25-21-12-17(10-11-22(21)27)15-31-24(29)14-18-13-20(26-28(18)5-2)19-8-6-7-9-23(19)30-3/h6-13,16H,4-5,14-15H2,1-3H3. The fraction of sp³-hybridized carbons (Fsp3) is 0.292. The van der Waals surface area contributed by atoms with Gasteiger partial charge in [-0.05, 0) is 49.7 Å². The smallest absolute Gasteiger partial charge is 0.312 e. The molecule has 0 saturated heterocycles. The van der Waals surface area contributed by atoms with Gasteiger partial charge in [-0.25, -0.2) is 4.98 Å². The normalized spacial score (nSPS) is 11.1. The lowest BCUT2D eigenvalue weighted by Gasteiger charge is -2.07. The molecular weight excluding hydrogens is 392 g/mol. The van der Waals surface area contributed by atoms with Crippen LogP contribution in [0.15, 0.2) is 54.9 Å². The molecule has 2 aromatic carbocycles. The van der Waals surface area contributed by atoms with Gasteiger partial charge in [-0.2, -0.15) is 5.10 Å². The van der Waals surface area contributed by atoms with Gasteiger partial charge in [-0.3, -0.25) is 9.48 Å². The number of aryl methyl sites for hydroxylation is 2. The van der Waals surface area contributed by atoms with E-state index < -0.39 is 0 Å². The molecule has 0 atom stereocenters. The van der Waals surface area contributed by atoms with Crippen molar-refractivity contribution in [2.75, 3.05) is 7.11 Å². The van der Waals surface area contributed by atoms with Gasteiger partial charge in [0.1, 0.15) is 12.4 Å². The fourth-order valence-corrected chi connectivity index (χ4v) is 3.67. The topological polar surface area (TPSA) is 71.2 Å². The summed E-state index contributed by atoms with van der Waals surface area (Å²) in [6.07, 6.45) is 1.98. The Morgan fingerprint density at radius 1 is 1.06 bits per heavy atom. The first kappa shape index (κ1) is 20.7. The third-order valence-corrected chi connectivity index (χ3v) is 5.30. The summed E-state index contributed by atoms with van der Waals surface area (Å²) in [6, 6.07) is 15.6. The Balaban J connectivity index is 1.45. The molecule has 0 unspecified atom stereocenters. The van der Waals surface area contributed by atoms with Crippen LogP contribution in [0.5, 0.6) is 5.75 Å². The lowest BCUT2D eigenvalue weighted by molar-refractivity contribution is -0.144. The summed E-state index contributed by atoms with van der Waals surface area (Å²) >= 11 is 0. The molecule has 0 aliphatic rings. The number of fused-ring (bicyclic) bond motifs is 1. The third kappa shape index (κ3) is 4.30. The van der Waals surface area contributed by atoms with E-state index in [0.29, 0.717) is 6.54 Å². The fourth-order valence-electron chi connectivity index (χ4n) is 3.67. The molecule has 0 aliphatic carbocycles. The largest absolute Gasteiger partial charge is 0.496 e. The number of esters is 1. The maximum atomic E-state index is 12.5. The van der Waals surface area contributed by atoms with Crippen molar-refractivity contribution < 1.29 is 14.3 Å². The van der Waals surface area contributed by atoms with Crippen molar-refractivity contribution >= 4 is 17.0 Å². The molecule has 0 amide bonds. The van der Waals surface area contributed by atoms with Crippen LogP contribution in [-0.4, -0.2) is 32.4 Å². The number of rotatable bonds is 8. The number of hydrogen-bond donors (Lipinski definition) is 0. The maximum absolute atomic E-state index is 12.5. The average molecular weight is 418 g/mol. The zero-order valence-electron chi connectivity index (χ0n) is 18.0. The van der Waals surface area contributed by atoms with Crippen molar-refractivity contribution in [3.05, 3.63) is 66.1 Å². The van der Waals surface area contributed by atoms with Crippen LogP contribution in [0.1, 0.15) is 25.1 Å². The first-order valence-electron chi connectivity index (χ1n) is 10.4. The number of nitrogens with zero attached hydrogens (tertiary/aromatic N) is 4. The quantitative estimate of drug-likeness (QED) is 0.401. The van der Waals surface area contributed by atoms with Gasteiger partial charge < -0.3 is 14.0 Å². The molecule has 160 valence electrons. The highest BCUT2D eigenvalue weighted by Gasteiger charge is 2.16.